The summed E-state index contributed by atoms with van der Waals surface area (Å²) in [6.45, 7) is 3.21. The van der Waals surface area contributed by atoms with E-state index in [0.29, 0.717) is 17.2 Å². The molecular formula is C14H22ClN3O. The molecule has 0 spiro atoms. The van der Waals surface area contributed by atoms with E-state index >= 15 is 0 Å². The molecule has 0 amide bonds. The average molecular weight is 284 g/mol. The second-order valence-electron chi connectivity index (χ2n) is 5.92. The minimum absolute atomic E-state index is 0.341. The Morgan fingerprint density at radius 1 is 1.37 bits per heavy atom. The van der Waals surface area contributed by atoms with Crippen molar-refractivity contribution in [1.82, 2.24) is 14.7 Å². The van der Waals surface area contributed by atoms with Gasteiger partial charge in [0.2, 0.25) is 0 Å². The van der Waals surface area contributed by atoms with E-state index < -0.39 is 0 Å². The molecule has 2 fully saturated rings. The molecule has 0 radical (unpaired) electrons. The fourth-order valence-electron chi connectivity index (χ4n) is 3.17. The van der Waals surface area contributed by atoms with Crippen molar-refractivity contribution in [3.63, 3.8) is 0 Å². The summed E-state index contributed by atoms with van der Waals surface area (Å²) < 4.78 is 7.85. The Morgan fingerprint density at radius 3 is 2.84 bits per heavy atom. The number of aromatic nitrogens is 2. The zero-order chi connectivity index (χ0) is 13.2. The van der Waals surface area contributed by atoms with E-state index in [0.717, 1.165) is 31.7 Å². The van der Waals surface area contributed by atoms with Crippen molar-refractivity contribution in [3.8, 4) is 5.75 Å². The summed E-state index contributed by atoms with van der Waals surface area (Å²) in [5.41, 5.74) is 0. The fraction of sp³-hybridized carbons (Fsp3) is 0.786. The highest BCUT2D eigenvalue weighted by Gasteiger charge is 2.23. The number of halogens is 1. The summed E-state index contributed by atoms with van der Waals surface area (Å²) in [4.78, 5) is 2.36. The summed E-state index contributed by atoms with van der Waals surface area (Å²) in [6, 6.07) is 0. The van der Waals surface area contributed by atoms with Crippen molar-refractivity contribution >= 4 is 11.6 Å². The lowest BCUT2D eigenvalue weighted by Gasteiger charge is -2.13. The maximum atomic E-state index is 6.38. The molecule has 1 saturated carbocycles. The van der Waals surface area contributed by atoms with Gasteiger partial charge >= 0.3 is 0 Å². The van der Waals surface area contributed by atoms with Crippen LogP contribution in [0.25, 0.3) is 0 Å². The summed E-state index contributed by atoms with van der Waals surface area (Å²) >= 11 is 6.38. The highest BCUT2D eigenvalue weighted by molar-refractivity contribution is 6.31. The zero-order valence-electron chi connectivity index (χ0n) is 11.5. The molecule has 0 bridgehead atoms. The molecule has 3 rings (SSSR count). The van der Waals surface area contributed by atoms with Gasteiger partial charge < -0.3 is 9.64 Å². The lowest BCUT2D eigenvalue weighted by molar-refractivity contribution is 0.210. The highest BCUT2D eigenvalue weighted by Crippen LogP contribution is 2.30. The molecule has 5 heteroatoms. The van der Waals surface area contributed by atoms with Crippen LogP contribution in [0.2, 0.25) is 5.15 Å². The second-order valence-corrected chi connectivity index (χ2v) is 6.28. The predicted octanol–water partition coefficient (Wildman–Crippen LogP) is 2.81. The SMILES string of the molecule is CN1CCC(Cn2ncc(OC3CCCC3)c2Cl)C1. The van der Waals surface area contributed by atoms with E-state index in [9.17, 15) is 0 Å². The van der Waals surface area contributed by atoms with E-state index in [4.69, 9.17) is 16.3 Å². The Balaban J connectivity index is 1.61. The van der Waals surface area contributed by atoms with Gasteiger partial charge in [0.1, 0.15) is 0 Å². The van der Waals surface area contributed by atoms with Gasteiger partial charge in [-0.25, -0.2) is 0 Å². The number of ether oxygens (including phenoxy) is 1. The molecule has 0 aromatic carbocycles. The number of hydrogen-bond donors (Lipinski definition) is 0. The first-order valence-corrected chi connectivity index (χ1v) is 7.66. The molecule has 4 nitrogen and oxygen atoms in total. The van der Waals surface area contributed by atoms with Crippen molar-refractivity contribution in [2.24, 2.45) is 5.92 Å². The van der Waals surface area contributed by atoms with Crippen molar-refractivity contribution in [3.05, 3.63) is 11.3 Å². The first-order valence-electron chi connectivity index (χ1n) is 7.29. The Hall–Kier alpha value is -0.740. The monoisotopic (exact) mass is 283 g/mol. The maximum Gasteiger partial charge on any atom is 0.176 e. The molecule has 1 aliphatic carbocycles. The number of likely N-dealkylation sites (tertiary alicyclic amines) is 1. The van der Waals surface area contributed by atoms with Gasteiger partial charge in [0.05, 0.1) is 12.3 Å². The van der Waals surface area contributed by atoms with E-state index in [1.807, 2.05) is 4.68 Å². The van der Waals surface area contributed by atoms with Gasteiger partial charge in [0.25, 0.3) is 0 Å². The van der Waals surface area contributed by atoms with Gasteiger partial charge in [-0.15, -0.1) is 0 Å². The Labute approximate surface area is 119 Å². The van der Waals surface area contributed by atoms with Crippen LogP contribution in [0.15, 0.2) is 6.20 Å². The van der Waals surface area contributed by atoms with E-state index in [1.165, 1.54) is 25.8 Å². The Morgan fingerprint density at radius 2 is 2.16 bits per heavy atom. The van der Waals surface area contributed by atoms with Gasteiger partial charge in [-0.1, -0.05) is 11.6 Å². The smallest absolute Gasteiger partial charge is 0.176 e. The lowest BCUT2D eigenvalue weighted by Crippen LogP contribution is -2.17. The Bertz CT molecular complexity index is 428. The van der Waals surface area contributed by atoms with Crippen molar-refractivity contribution in [2.45, 2.75) is 44.8 Å². The van der Waals surface area contributed by atoms with E-state index in [1.54, 1.807) is 6.20 Å². The van der Waals surface area contributed by atoms with Crippen LogP contribution in [0.4, 0.5) is 0 Å². The van der Waals surface area contributed by atoms with Crippen molar-refractivity contribution in [1.29, 1.82) is 0 Å². The van der Waals surface area contributed by atoms with Gasteiger partial charge in [-0.3, -0.25) is 4.68 Å². The standard InChI is InChI=1S/C14H22ClN3O/c1-17-7-6-11(9-17)10-18-14(15)13(8-16-18)19-12-4-2-3-5-12/h8,11-12H,2-7,9-10H2,1H3. The largest absolute Gasteiger partial charge is 0.486 e. The van der Waals surface area contributed by atoms with Gasteiger partial charge in [0, 0.05) is 13.1 Å². The quantitative estimate of drug-likeness (QED) is 0.851. The number of rotatable bonds is 4. The third kappa shape index (κ3) is 3.06. The topological polar surface area (TPSA) is 30.3 Å². The lowest BCUT2D eigenvalue weighted by atomic mass is 10.1. The highest BCUT2D eigenvalue weighted by atomic mass is 35.5. The molecule has 2 heterocycles. The third-order valence-electron chi connectivity index (χ3n) is 4.26. The van der Waals surface area contributed by atoms with Crippen LogP contribution in [0.5, 0.6) is 5.75 Å². The molecular weight excluding hydrogens is 262 g/mol. The normalized spacial score (nSPS) is 25.3. The first-order chi connectivity index (χ1) is 9.22. The molecule has 1 unspecified atom stereocenters. The molecule has 1 aliphatic heterocycles. The molecule has 1 atom stereocenters. The molecule has 19 heavy (non-hydrogen) atoms. The van der Waals surface area contributed by atoms with Crippen molar-refractivity contribution in [2.75, 3.05) is 20.1 Å². The van der Waals surface area contributed by atoms with Crippen LogP contribution >= 0.6 is 11.6 Å². The van der Waals surface area contributed by atoms with Crippen LogP contribution in [-0.4, -0.2) is 40.9 Å². The minimum Gasteiger partial charge on any atom is -0.486 e. The van der Waals surface area contributed by atoms with Crippen LogP contribution in [0.3, 0.4) is 0 Å². The minimum atomic E-state index is 0.341. The maximum absolute atomic E-state index is 6.38. The number of nitrogens with zero attached hydrogens (tertiary/aromatic N) is 3. The predicted molar refractivity (Wildman–Crippen MR) is 75.7 cm³/mol. The third-order valence-corrected chi connectivity index (χ3v) is 4.64. The zero-order valence-corrected chi connectivity index (χ0v) is 12.3. The van der Waals surface area contributed by atoms with Gasteiger partial charge in [0.15, 0.2) is 10.9 Å². The van der Waals surface area contributed by atoms with Crippen LogP contribution in [0, 0.1) is 5.92 Å². The summed E-state index contributed by atoms with van der Waals surface area (Å²) in [7, 11) is 2.17. The molecule has 106 valence electrons. The summed E-state index contributed by atoms with van der Waals surface area (Å²) in [5, 5.41) is 5.06. The number of hydrogen-bond acceptors (Lipinski definition) is 3. The molecule has 1 aromatic heterocycles. The average Bonchev–Trinajstić information content (AvgIpc) is 3.09. The Kier molecular flexibility index (Phi) is 3.99. The molecule has 2 aliphatic rings. The first kappa shape index (κ1) is 13.3. The van der Waals surface area contributed by atoms with Crippen LogP contribution in [0.1, 0.15) is 32.1 Å². The van der Waals surface area contributed by atoms with Gasteiger partial charge in [-0.05, 0) is 51.6 Å². The van der Waals surface area contributed by atoms with Crippen molar-refractivity contribution < 1.29 is 4.74 Å². The second kappa shape index (κ2) is 5.71. The summed E-state index contributed by atoms with van der Waals surface area (Å²) in [5.74, 6) is 1.42. The fourth-order valence-corrected chi connectivity index (χ4v) is 3.37. The van der Waals surface area contributed by atoms with Crippen LogP contribution in [-0.2, 0) is 6.54 Å². The van der Waals surface area contributed by atoms with E-state index in [2.05, 4.69) is 17.0 Å². The molecule has 1 saturated heterocycles. The molecule has 1 aromatic rings. The van der Waals surface area contributed by atoms with Crippen LogP contribution < -0.4 is 4.74 Å². The van der Waals surface area contributed by atoms with E-state index in [-0.39, 0.29) is 0 Å². The molecule has 0 N–H and O–H groups in total. The summed E-state index contributed by atoms with van der Waals surface area (Å²) in [6.07, 6.45) is 8.18. The van der Waals surface area contributed by atoms with Gasteiger partial charge in [-0.2, -0.15) is 5.10 Å².